The lowest BCUT2D eigenvalue weighted by Crippen LogP contribution is -2.23. The topological polar surface area (TPSA) is 82.2 Å². The van der Waals surface area contributed by atoms with Crippen molar-refractivity contribution in [2.24, 2.45) is 11.7 Å². The number of nitrogens with one attached hydrogen (secondary N) is 1. The zero-order chi connectivity index (χ0) is 13.7. The molecule has 1 aromatic rings. The highest BCUT2D eigenvalue weighted by molar-refractivity contribution is 5.91. The number of aromatic nitrogens is 2. The van der Waals surface area contributed by atoms with E-state index >= 15 is 0 Å². The molecule has 19 heavy (non-hydrogen) atoms. The lowest BCUT2D eigenvalue weighted by molar-refractivity contribution is -0.119. The number of carbonyl (C=O) groups excluding carboxylic acids is 1. The van der Waals surface area contributed by atoms with Gasteiger partial charge in [-0.25, -0.2) is 0 Å². The average Bonchev–Trinajstić information content (AvgIpc) is 2.99. The van der Waals surface area contributed by atoms with Crippen LogP contribution in [-0.4, -0.2) is 35.4 Å². The molecular formula is C13H22N4O2. The molecule has 1 fully saturated rings. The number of aryl methyl sites for hydroxylation is 1. The first-order valence-corrected chi connectivity index (χ1v) is 6.78. The maximum absolute atomic E-state index is 12.0. The summed E-state index contributed by atoms with van der Waals surface area (Å²) in [6, 6.07) is 1.99. The standard InChI is InChI=1S/C13H22N4O2/c1-19-8-2-6-17-7-5-12(16-17)15-13(18)10-3-4-11(14)9-10/h5,7,10-11H,2-4,6,8-9,14H2,1H3,(H,15,16,18). The van der Waals surface area contributed by atoms with Crippen LogP contribution in [-0.2, 0) is 16.1 Å². The zero-order valence-corrected chi connectivity index (χ0v) is 11.3. The van der Waals surface area contributed by atoms with Crippen molar-refractivity contribution in [2.75, 3.05) is 19.0 Å². The molecule has 2 rings (SSSR count). The van der Waals surface area contributed by atoms with Gasteiger partial charge in [0.25, 0.3) is 0 Å². The molecule has 0 radical (unpaired) electrons. The normalized spacial score (nSPS) is 22.6. The number of nitrogens with zero attached hydrogens (tertiary/aromatic N) is 2. The lowest BCUT2D eigenvalue weighted by Gasteiger charge is -2.08. The van der Waals surface area contributed by atoms with Crippen LogP contribution in [0.25, 0.3) is 0 Å². The van der Waals surface area contributed by atoms with Crippen molar-refractivity contribution in [3.63, 3.8) is 0 Å². The third-order valence-electron chi connectivity index (χ3n) is 3.47. The fourth-order valence-corrected chi connectivity index (χ4v) is 2.41. The summed E-state index contributed by atoms with van der Waals surface area (Å²) >= 11 is 0. The third kappa shape index (κ3) is 4.04. The monoisotopic (exact) mass is 266 g/mol. The molecule has 1 aliphatic rings. The number of amides is 1. The van der Waals surface area contributed by atoms with Crippen LogP contribution < -0.4 is 11.1 Å². The summed E-state index contributed by atoms with van der Waals surface area (Å²) in [7, 11) is 1.68. The van der Waals surface area contributed by atoms with E-state index in [9.17, 15) is 4.79 Å². The van der Waals surface area contributed by atoms with Gasteiger partial charge in [-0.15, -0.1) is 0 Å². The van der Waals surface area contributed by atoms with E-state index in [1.54, 1.807) is 7.11 Å². The molecule has 3 N–H and O–H groups in total. The Morgan fingerprint density at radius 1 is 1.63 bits per heavy atom. The van der Waals surface area contributed by atoms with E-state index in [2.05, 4.69) is 10.4 Å². The van der Waals surface area contributed by atoms with Crippen molar-refractivity contribution < 1.29 is 9.53 Å². The smallest absolute Gasteiger partial charge is 0.228 e. The largest absolute Gasteiger partial charge is 0.385 e. The Morgan fingerprint density at radius 2 is 2.47 bits per heavy atom. The summed E-state index contributed by atoms with van der Waals surface area (Å²) in [5.74, 6) is 0.687. The number of anilines is 1. The van der Waals surface area contributed by atoms with E-state index in [1.165, 1.54) is 0 Å². The molecule has 0 spiro atoms. The summed E-state index contributed by atoms with van der Waals surface area (Å²) in [5, 5.41) is 7.17. The van der Waals surface area contributed by atoms with Gasteiger partial charge in [0.05, 0.1) is 0 Å². The molecule has 2 atom stereocenters. The van der Waals surface area contributed by atoms with E-state index in [4.69, 9.17) is 10.5 Å². The van der Waals surface area contributed by atoms with Crippen molar-refractivity contribution in [2.45, 2.75) is 38.3 Å². The van der Waals surface area contributed by atoms with Gasteiger partial charge in [-0.05, 0) is 25.7 Å². The van der Waals surface area contributed by atoms with Gasteiger partial charge >= 0.3 is 0 Å². The second-order valence-electron chi connectivity index (χ2n) is 5.07. The molecule has 0 aromatic carbocycles. The van der Waals surface area contributed by atoms with E-state index in [0.717, 1.165) is 32.2 Å². The number of hydrogen-bond acceptors (Lipinski definition) is 4. The van der Waals surface area contributed by atoms with Crippen molar-refractivity contribution in [1.82, 2.24) is 9.78 Å². The Labute approximate surface area is 113 Å². The van der Waals surface area contributed by atoms with Crippen LogP contribution in [0.1, 0.15) is 25.7 Å². The quantitative estimate of drug-likeness (QED) is 0.752. The molecule has 1 aliphatic carbocycles. The predicted molar refractivity (Wildman–Crippen MR) is 72.7 cm³/mol. The van der Waals surface area contributed by atoms with Gasteiger partial charge in [0.2, 0.25) is 5.91 Å². The van der Waals surface area contributed by atoms with Crippen molar-refractivity contribution in [3.05, 3.63) is 12.3 Å². The minimum absolute atomic E-state index is 0.0358. The number of carbonyl (C=O) groups is 1. The summed E-state index contributed by atoms with van der Waals surface area (Å²) in [6.07, 6.45) is 5.36. The number of rotatable bonds is 6. The van der Waals surface area contributed by atoms with Crippen molar-refractivity contribution in [1.29, 1.82) is 0 Å². The zero-order valence-electron chi connectivity index (χ0n) is 11.3. The molecule has 1 aromatic heterocycles. The Balaban J connectivity index is 1.80. The Kier molecular flexibility index (Phi) is 4.93. The highest BCUT2D eigenvalue weighted by Crippen LogP contribution is 2.25. The molecule has 6 heteroatoms. The van der Waals surface area contributed by atoms with Crippen LogP contribution in [0.2, 0.25) is 0 Å². The average molecular weight is 266 g/mol. The van der Waals surface area contributed by atoms with Crippen LogP contribution in [0.5, 0.6) is 0 Å². The van der Waals surface area contributed by atoms with Crippen LogP contribution in [0.4, 0.5) is 5.82 Å². The first-order chi connectivity index (χ1) is 9.19. The number of hydrogen-bond donors (Lipinski definition) is 2. The summed E-state index contributed by atoms with van der Waals surface area (Å²) in [5.41, 5.74) is 5.82. The van der Waals surface area contributed by atoms with Gasteiger partial charge in [0.15, 0.2) is 5.82 Å². The molecule has 0 aliphatic heterocycles. The minimum atomic E-state index is 0.0358. The minimum Gasteiger partial charge on any atom is -0.385 e. The maximum atomic E-state index is 12.0. The molecule has 2 unspecified atom stereocenters. The van der Waals surface area contributed by atoms with E-state index in [1.807, 2.05) is 16.9 Å². The first-order valence-electron chi connectivity index (χ1n) is 6.78. The summed E-state index contributed by atoms with van der Waals surface area (Å²) < 4.78 is 6.80. The van der Waals surface area contributed by atoms with Gasteiger partial charge in [0.1, 0.15) is 0 Å². The lowest BCUT2D eigenvalue weighted by atomic mass is 10.1. The molecule has 106 valence electrons. The predicted octanol–water partition coefficient (Wildman–Crippen LogP) is 0.986. The molecule has 0 bridgehead atoms. The first kappa shape index (κ1) is 14.0. The van der Waals surface area contributed by atoms with Crippen LogP contribution in [0, 0.1) is 5.92 Å². The number of nitrogens with two attached hydrogens (primary N) is 1. The maximum Gasteiger partial charge on any atom is 0.228 e. The molecule has 6 nitrogen and oxygen atoms in total. The van der Waals surface area contributed by atoms with E-state index in [0.29, 0.717) is 12.4 Å². The van der Waals surface area contributed by atoms with E-state index in [-0.39, 0.29) is 17.9 Å². The van der Waals surface area contributed by atoms with Crippen LogP contribution in [0.3, 0.4) is 0 Å². The Bertz CT molecular complexity index is 419. The van der Waals surface area contributed by atoms with Crippen molar-refractivity contribution in [3.8, 4) is 0 Å². The van der Waals surface area contributed by atoms with Crippen LogP contribution in [0.15, 0.2) is 12.3 Å². The van der Waals surface area contributed by atoms with Gasteiger partial charge in [-0.2, -0.15) is 5.10 Å². The number of methoxy groups -OCH3 is 1. The summed E-state index contributed by atoms with van der Waals surface area (Å²) in [4.78, 5) is 12.0. The SMILES string of the molecule is COCCCn1ccc(NC(=O)C2CCC(N)C2)n1. The second-order valence-corrected chi connectivity index (χ2v) is 5.07. The van der Waals surface area contributed by atoms with Crippen molar-refractivity contribution >= 4 is 11.7 Å². The molecule has 1 amide bonds. The molecule has 0 saturated heterocycles. The molecular weight excluding hydrogens is 244 g/mol. The fraction of sp³-hybridized carbons (Fsp3) is 0.692. The third-order valence-corrected chi connectivity index (χ3v) is 3.47. The Hall–Kier alpha value is -1.40. The molecule has 1 heterocycles. The Morgan fingerprint density at radius 3 is 3.16 bits per heavy atom. The van der Waals surface area contributed by atoms with Gasteiger partial charge in [0, 0.05) is 44.5 Å². The van der Waals surface area contributed by atoms with Gasteiger partial charge in [-0.3, -0.25) is 9.48 Å². The second kappa shape index (κ2) is 6.68. The highest BCUT2D eigenvalue weighted by Gasteiger charge is 2.27. The van der Waals surface area contributed by atoms with Gasteiger partial charge in [-0.1, -0.05) is 0 Å². The fourth-order valence-electron chi connectivity index (χ4n) is 2.41. The van der Waals surface area contributed by atoms with Crippen LogP contribution >= 0.6 is 0 Å². The highest BCUT2D eigenvalue weighted by atomic mass is 16.5. The number of ether oxygens (including phenoxy) is 1. The summed E-state index contributed by atoms with van der Waals surface area (Å²) in [6.45, 7) is 1.50. The molecule has 1 saturated carbocycles. The van der Waals surface area contributed by atoms with E-state index < -0.39 is 0 Å². The van der Waals surface area contributed by atoms with Gasteiger partial charge < -0.3 is 15.8 Å².